The summed E-state index contributed by atoms with van der Waals surface area (Å²) in [5.41, 5.74) is 5.88. The molecule has 0 unspecified atom stereocenters. The quantitative estimate of drug-likeness (QED) is 0.826. The summed E-state index contributed by atoms with van der Waals surface area (Å²) in [7, 11) is 0. The summed E-state index contributed by atoms with van der Waals surface area (Å²) in [5.74, 6) is -0.644. The number of hydrogen-bond acceptors (Lipinski definition) is 4. The Morgan fingerprint density at radius 2 is 2.00 bits per heavy atom. The van der Waals surface area contributed by atoms with E-state index in [1.165, 1.54) is 0 Å². The highest BCUT2D eigenvalue weighted by Crippen LogP contribution is 2.03. The zero-order chi connectivity index (χ0) is 14.1. The van der Waals surface area contributed by atoms with E-state index >= 15 is 0 Å². The van der Waals surface area contributed by atoms with Gasteiger partial charge in [0.25, 0.3) is 0 Å². The molecule has 1 aromatic carbocycles. The molecule has 2 N–H and O–H groups in total. The molecular weight excluding hydrogens is 246 g/mol. The molecule has 0 aliphatic carbocycles. The third-order valence-corrected chi connectivity index (χ3v) is 2.30. The van der Waals surface area contributed by atoms with Crippen molar-refractivity contribution < 1.29 is 14.3 Å². The van der Waals surface area contributed by atoms with Crippen LogP contribution in [0, 0.1) is 11.3 Å². The van der Waals surface area contributed by atoms with Crippen LogP contribution in [-0.4, -0.2) is 30.0 Å². The first-order valence-electron chi connectivity index (χ1n) is 5.74. The number of nitriles is 1. The van der Waals surface area contributed by atoms with Crippen molar-refractivity contribution in [1.29, 1.82) is 5.26 Å². The number of carbonyl (C=O) groups excluding carboxylic acids is 2. The van der Waals surface area contributed by atoms with Crippen LogP contribution in [0.4, 0.5) is 4.79 Å². The summed E-state index contributed by atoms with van der Waals surface area (Å²) in [4.78, 5) is 23.7. The van der Waals surface area contributed by atoms with E-state index in [2.05, 4.69) is 0 Å². The third-order valence-electron chi connectivity index (χ3n) is 2.30. The number of rotatable bonds is 6. The molecule has 1 aromatic rings. The molecule has 0 fully saturated rings. The fourth-order valence-corrected chi connectivity index (χ4v) is 1.42. The fourth-order valence-electron chi connectivity index (χ4n) is 1.42. The van der Waals surface area contributed by atoms with Crippen LogP contribution in [-0.2, 0) is 16.1 Å². The topological polar surface area (TPSA) is 96.4 Å². The number of benzene rings is 1. The first-order valence-corrected chi connectivity index (χ1v) is 5.74. The Bertz CT molecular complexity index is 468. The number of amides is 2. The summed E-state index contributed by atoms with van der Waals surface area (Å²) < 4.78 is 5.06. The molecule has 0 heterocycles. The van der Waals surface area contributed by atoms with Crippen LogP contribution < -0.4 is 5.73 Å². The molecule has 0 spiro atoms. The van der Waals surface area contributed by atoms with Crippen LogP contribution in [0.3, 0.4) is 0 Å². The van der Waals surface area contributed by atoms with Crippen molar-refractivity contribution in [2.45, 2.75) is 13.0 Å². The Kier molecular flexibility index (Phi) is 5.89. The second-order valence-corrected chi connectivity index (χ2v) is 3.84. The molecule has 6 heteroatoms. The third kappa shape index (κ3) is 5.55. The number of primary amides is 1. The van der Waals surface area contributed by atoms with Gasteiger partial charge in [0.15, 0.2) is 0 Å². The van der Waals surface area contributed by atoms with Gasteiger partial charge in [0.2, 0.25) is 5.91 Å². The van der Waals surface area contributed by atoms with Crippen LogP contribution in [0.15, 0.2) is 30.3 Å². The number of ether oxygens (including phenoxy) is 1. The standard InChI is InChI=1S/C13H15N3O3/c14-7-4-8-16(9-12(15)17)13(18)19-10-11-5-2-1-3-6-11/h1-3,5-6H,4,8-10H2,(H2,15,17). The van der Waals surface area contributed by atoms with E-state index in [1.54, 1.807) is 0 Å². The summed E-state index contributed by atoms with van der Waals surface area (Å²) in [6, 6.07) is 11.1. The fraction of sp³-hybridized carbons (Fsp3) is 0.308. The van der Waals surface area contributed by atoms with Gasteiger partial charge < -0.3 is 10.5 Å². The summed E-state index contributed by atoms with van der Waals surface area (Å²) >= 11 is 0. The molecule has 19 heavy (non-hydrogen) atoms. The van der Waals surface area contributed by atoms with Gasteiger partial charge in [0, 0.05) is 6.54 Å². The predicted octanol–water partition coefficient (Wildman–Crippen LogP) is 1.02. The Hall–Kier alpha value is -2.55. The van der Waals surface area contributed by atoms with Crippen LogP contribution in [0.5, 0.6) is 0 Å². The van der Waals surface area contributed by atoms with Crippen molar-refractivity contribution in [3.8, 4) is 6.07 Å². The van der Waals surface area contributed by atoms with Crippen LogP contribution in [0.2, 0.25) is 0 Å². The molecule has 0 saturated heterocycles. The summed E-state index contributed by atoms with van der Waals surface area (Å²) in [5, 5.41) is 8.49. The van der Waals surface area contributed by atoms with E-state index in [4.69, 9.17) is 15.7 Å². The average Bonchev–Trinajstić information content (AvgIpc) is 2.41. The molecule has 2 amide bonds. The minimum absolute atomic E-state index is 0.113. The van der Waals surface area contributed by atoms with Crippen molar-refractivity contribution in [1.82, 2.24) is 4.90 Å². The predicted molar refractivity (Wildman–Crippen MR) is 67.6 cm³/mol. The minimum atomic E-state index is -0.655. The number of carbonyl (C=O) groups is 2. The molecule has 0 bridgehead atoms. The van der Waals surface area contributed by atoms with E-state index in [-0.39, 0.29) is 26.1 Å². The Morgan fingerprint density at radius 1 is 1.32 bits per heavy atom. The summed E-state index contributed by atoms with van der Waals surface area (Å²) in [6.45, 7) is -0.0240. The lowest BCUT2D eigenvalue weighted by Gasteiger charge is -2.19. The zero-order valence-electron chi connectivity index (χ0n) is 10.4. The number of hydrogen-bond donors (Lipinski definition) is 1. The van der Waals surface area contributed by atoms with Crippen molar-refractivity contribution in [2.75, 3.05) is 13.1 Å². The van der Waals surface area contributed by atoms with Gasteiger partial charge >= 0.3 is 6.09 Å². The van der Waals surface area contributed by atoms with Crippen LogP contribution in [0.1, 0.15) is 12.0 Å². The molecule has 0 saturated carbocycles. The van der Waals surface area contributed by atoms with Crippen molar-refractivity contribution in [3.05, 3.63) is 35.9 Å². The first kappa shape index (κ1) is 14.5. The smallest absolute Gasteiger partial charge is 0.410 e. The Labute approximate surface area is 111 Å². The molecule has 0 aliphatic heterocycles. The Balaban J connectivity index is 2.51. The van der Waals surface area contributed by atoms with Crippen molar-refractivity contribution in [3.63, 3.8) is 0 Å². The van der Waals surface area contributed by atoms with E-state index < -0.39 is 12.0 Å². The van der Waals surface area contributed by atoms with Gasteiger partial charge in [-0.2, -0.15) is 5.26 Å². The van der Waals surface area contributed by atoms with Gasteiger partial charge in [-0.3, -0.25) is 9.69 Å². The maximum absolute atomic E-state index is 11.7. The molecule has 100 valence electrons. The number of nitrogens with zero attached hydrogens (tertiary/aromatic N) is 2. The SMILES string of the molecule is N#CCCN(CC(N)=O)C(=O)OCc1ccccc1. The maximum Gasteiger partial charge on any atom is 0.410 e. The second kappa shape index (κ2) is 7.71. The molecular formula is C13H15N3O3. The van der Waals surface area contributed by atoms with Crippen LogP contribution >= 0.6 is 0 Å². The van der Waals surface area contributed by atoms with Crippen molar-refractivity contribution >= 4 is 12.0 Å². The largest absolute Gasteiger partial charge is 0.445 e. The molecule has 6 nitrogen and oxygen atoms in total. The monoisotopic (exact) mass is 261 g/mol. The average molecular weight is 261 g/mol. The minimum Gasteiger partial charge on any atom is -0.445 e. The molecule has 0 aliphatic rings. The number of nitrogens with two attached hydrogens (primary N) is 1. The van der Waals surface area contributed by atoms with Gasteiger partial charge in [-0.05, 0) is 5.56 Å². The lowest BCUT2D eigenvalue weighted by molar-refractivity contribution is -0.118. The molecule has 0 atom stereocenters. The highest BCUT2D eigenvalue weighted by atomic mass is 16.6. The van der Waals surface area contributed by atoms with Gasteiger partial charge in [-0.1, -0.05) is 30.3 Å². The van der Waals surface area contributed by atoms with Gasteiger partial charge in [0.05, 0.1) is 12.5 Å². The lowest BCUT2D eigenvalue weighted by atomic mass is 10.2. The van der Waals surface area contributed by atoms with E-state index in [0.717, 1.165) is 10.5 Å². The second-order valence-electron chi connectivity index (χ2n) is 3.84. The lowest BCUT2D eigenvalue weighted by Crippen LogP contribution is -2.39. The van der Waals surface area contributed by atoms with E-state index in [0.29, 0.717) is 0 Å². The van der Waals surface area contributed by atoms with Gasteiger partial charge in [-0.25, -0.2) is 4.79 Å². The summed E-state index contributed by atoms with van der Waals surface area (Å²) in [6.07, 6.45) is -0.536. The normalized spacial score (nSPS) is 9.42. The Morgan fingerprint density at radius 3 is 2.58 bits per heavy atom. The van der Waals surface area contributed by atoms with Crippen molar-refractivity contribution in [2.24, 2.45) is 5.73 Å². The zero-order valence-corrected chi connectivity index (χ0v) is 10.4. The van der Waals surface area contributed by atoms with Crippen LogP contribution in [0.25, 0.3) is 0 Å². The highest BCUT2D eigenvalue weighted by molar-refractivity contribution is 5.80. The van der Waals surface area contributed by atoms with E-state index in [1.807, 2.05) is 36.4 Å². The molecule has 0 radical (unpaired) electrons. The maximum atomic E-state index is 11.7. The first-order chi connectivity index (χ1) is 9.13. The van der Waals surface area contributed by atoms with E-state index in [9.17, 15) is 9.59 Å². The highest BCUT2D eigenvalue weighted by Gasteiger charge is 2.16. The molecule has 0 aromatic heterocycles. The van der Waals surface area contributed by atoms with Gasteiger partial charge in [0.1, 0.15) is 13.2 Å². The van der Waals surface area contributed by atoms with Gasteiger partial charge in [-0.15, -0.1) is 0 Å². The molecule has 1 rings (SSSR count).